The smallest absolute Gasteiger partial charge is 0.270 e. The van der Waals surface area contributed by atoms with Crippen LogP contribution in [0.15, 0.2) is 18.2 Å². The summed E-state index contributed by atoms with van der Waals surface area (Å²) in [6.45, 7) is 3.01. The number of aryl methyl sites for hydroxylation is 1. The molecule has 1 aromatic carbocycles. The summed E-state index contributed by atoms with van der Waals surface area (Å²) in [6.07, 6.45) is -0.322. The van der Waals surface area contributed by atoms with Crippen LogP contribution >= 0.6 is 0 Å². The fraction of sp³-hybridized carbons (Fsp3) is 0.500. The van der Waals surface area contributed by atoms with Gasteiger partial charge < -0.3 is 20.1 Å². The summed E-state index contributed by atoms with van der Waals surface area (Å²) >= 11 is 0. The first-order valence-electron chi connectivity index (χ1n) is 8.37. The number of carbonyl (C=O) groups is 1. The van der Waals surface area contributed by atoms with Gasteiger partial charge in [0.1, 0.15) is 11.5 Å². The van der Waals surface area contributed by atoms with Crippen molar-refractivity contribution >= 4 is 16.8 Å². The van der Waals surface area contributed by atoms with E-state index in [1.54, 1.807) is 11.0 Å². The van der Waals surface area contributed by atoms with Gasteiger partial charge in [0.15, 0.2) is 0 Å². The fourth-order valence-electron chi connectivity index (χ4n) is 4.24. The van der Waals surface area contributed by atoms with Gasteiger partial charge in [-0.25, -0.2) is 4.39 Å². The zero-order valence-electron chi connectivity index (χ0n) is 13.5. The average molecular weight is 332 g/mol. The van der Waals surface area contributed by atoms with Crippen LogP contribution in [0.4, 0.5) is 4.39 Å². The molecule has 5 nitrogen and oxygen atoms in total. The molecule has 4 rings (SSSR count). The Bertz CT molecular complexity index is 785. The van der Waals surface area contributed by atoms with E-state index in [1.165, 1.54) is 12.1 Å². The Hall–Kier alpha value is -1.92. The Morgan fingerprint density at radius 1 is 1.21 bits per heavy atom. The van der Waals surface area contributed by atoms with Crippen LogP contribution < -0.4 is 0 Å². The maximum Gasteiger partial charge on any atom is 0.270 e. The first-order chi connectivity index (χ1) is 11.4. The van der Waals surface area contributed by atoms with Gasteiger partial charge in [-0.1, -0.05) is 0 Å². The summed E-state index contributed by atoms with van der Waals surface area (Å²) in [4.78, 5) is 17.8. The molecule has 1 saturated heterocycles. The number of benzene rings is 1. The molecule has 128 valence electrons. The number of nitrogens with zero attached hydrogens (tertiary/aromatic N) is 1. The van der Waals surface area contributed by atoms with Crippen molar-refractivity contribution in [3.05, 3.63) is 35.3 Å². The van der Waals surface area contributed by atoms with E-state index >= 15 is 0 Å². The molecule has 1 amide bonds. The second-order valence-electron chi connectivity index (χ2n) is 7.15. The molecule has 0 bridgehead atoms. The van der Waals surface area contributed by atoms with E-state index in [4.69, 9.17) is 0 Å². The van der Waals surface area contributed by atoms with Gasteiger partial charge >= 0.3 is 0 Å². The zero-order valence-corrected chi connectivity index (χ0v) is 13.5. The quantitative estimate of drug-likeness (QED) is 0.745. The van der Waals surface area contributed by atoms with Crippen LogP contribution in [0.1, 0.15) is 28.9 Å². The number of halogens is 1. The lowest BCUT2D eigenvalue weighted by atomic mass is 9.79. The van der Waals surface area contributed by atoms with Gasteiger partial charge in [0, 0.05) is 24.0 Å². The number of aliphatic hydroxyl groups is 2. The van der Waals surface area contributed by atoms with Gasteiger partial charge in [0.05, 0.1) is 12.2 Å². The Morgan fingerprint density at radius 2 is 1.83 bits per heavy atom. The predicted molar refractivity (Wildman–Crippen MR) is 87.1 cm³/mol. The highest BCUT2D eigenvalue weighted by Crippen LogP contribution is 2.37. The van der Waals surface area contributed by atoms with Crippen molar-refractivity contribution < 1.29 is 19.4 Å². The molecule has 24 heavy (non-hydrogen) atoms. The Morgan fingerprint density at radius 3 is 2.46 bits per heavy atom. The molecule has 2 fully saturated rings. The van der Waals surface area contributed by atoms with Crippen LogP contribution in [-0.4, -0.2) is 51.3 Å². The first-order valence-corrected chi connectivity index (χ1v) is 8.37. The number of aliphatic hydroxyl groups excluding tert-OH is 2. The number of amides is 1. The number of aromatic amines is 1. The lowest BCUT2D eigenvalue weighted by Crippen LogP contribution is -2.38. The number of hydrogen-bond donors (Lipinski definition) is 3. The number of rotatable bonds is 1. The van der Waals surface area contributed by atoms with Crippen LogP contribution in [0, 0.1) is 24.6 Å². The normalized spacial score (nSPS) is 29.9. The number of hydrogen-bond acceptors (Lipinski definition) is 3. The summed E-state index contributed by atoms with van der Waals surface area (Å²) in [5.41, 5.74) is 2.00. The minimum Gasteiger partial charge on any atom is -0.390 e. The first kappa shape index (κ1) is 15.6. The molecule has 0 unspecified atom stereocenters. The molecular weight excluding hydrogens is 311 g/mol. The largest absolute Gasteiger partial charge is 0.390 e. The third-order valence-electron chi connectivity index (χ3n) is 5.63. The maximum absolute atomic E-state index is 13.4. The van der Waals surface area contributed by atoms with E-state index < -0.39 is 12.2 Å². The van der Waals surface area contributed by atoms with E-state index in [-0.39, 0.29) is 23.6 Å². The molecule has 1 saturated carbocycles. The van der Waals surface area contributed by atoms with Crippen LogP contribution in [0.2, 0.25) is 0 Å². The van der Waals surface area contributed by atoms with Crippen molar-refractivity contribution in [1.82, 2.24) is 9.88 Å². The van der Waals surface area contributed by atoms with E-state index in [0.717, 1.165) is 16.5 Å². The number of carbonyl (C=O) groups excluding carboxylic acids is 1. The van der Waals surface area contributed by atoms with Crippen LogP contribution in [0.5, 0.6) is 0 Å². The fourth-order valence-corrected chi connectivity index (χ4v) is 4.24. The van der Waals surface area contributed by atoms with E-state index in [1.807, 2.05) is 6.92 Å². The lowest BCUT2D eigenvalue weighted by molar-refractivity contribution is -0.0372. The molecule has 2 heterocycles. The van der Waals surface area contributed by atoms with Crippen LogP contribution in [0.3, 0.4) is 0 Å². The Balaban J connectivity index is 1.60. The number of H-pyrrole nitrogens is 1. The highest BCUT2D eigenvalue weighted by molar-refractivity contribution is 6.01. The van der Waals surface area contributed by atoms with Crippen molar-refractivity contribution in [2.24, 2.45) is 11.8 Å². The van der Waals surface area contributed by atoms with Crippen LogP contribution in [0.25, 0.3) is 10.9 Å². The van der Waals surface area contributed by atoms with Crippen molar-refractivity contribution in [3.8, 4) is 0 Å². The zero-order chi connectivity index (χ0) is 17.0. The Labute approximate surface area is 139 Å². The maximum atomic E-state index is 13.4. The lowest BCUT2D eigenvalue weighted by Gasteiger charge is -2.31. The molecule has 3 N–H and O–H groups in total. The van der Waals surface area contributed by atoms with Gasteiger partial charge in [-0.3, -0.25) is 4.79 Å². The molecule has 0 spiro atoms. The summed E-state index contributed by atoms with van der Waals surface area (Å²) < 4.78 is 13.4. The molecule has 1 aliphatic carbocycles. The third-order valence-corrected chi connectivity index (χ3v) is 5.63. The monoisotopic (exact) mass is 332 g/mol. The third kappa shape index (κ3) is 2.41. The van der Waals surface area contributed by atoms with Gasteiger partial charge in [-0.05, 0) is 55.4 Å². The molecule has 4 atom stereocenters. The standard InChI is InChI=1S/C18H21FN2O3/c1-9-13-6-12(19)2-3-14(13)20-17(9)18(24)21-7-10-4-15(22)16(23)5-11(10)8-21/h2-3,6,10-11,15-16,20,22-23H,4-5,7-8H2,1H3/t10-,11+,15-,16-/m0/s1. The van der Waals surface area contributed by atoms with Crippen molar-refractivity contribution in [3.63, 3.8) is 0 Å². The van der Waals surface area contributed by atoms with E-state index in [2.05, 4.69) is 4.98 Å². The minimum absolute atomic E-state index is 0.0949. The Kier molecular flexibility index (Phi) is 3.62. The minimum atomic E-state index is -0.695. The van der Waals surface area contributed by atoms with Gasteiger partial charge in [-0.2, -0.15) is 0 Å². The van der Waals surface area contributed by atoms with Gasteiger partial charge in [0.25, 0.3) is 5.91 Å². The van der Waals surface area contributed by atoms with Crippen molar-refractivity contribution in [1.29, 1.82) is 0 Å². The summed E-state index contributed by atoms with van der Waals surface area (Å²) in [7, 11) is 0. The molecule has 2 aliphatic rings. The van der Waals surface area contributed by atoms with Crippen molar-refractivity contribution in [2.45, 2.75) is 32.0 Å². The molecule has 1 aromatic heterocycles. The van der Waals surface area contributed by atoms with E-state index in [0.29, 0.717) is 31.6 Å². The molecule has 1 aliphatic heterocycles. The SMILES string of the molecule is Cc1c(C(=O)N2C[C@H]3C[C@H](O)[C@@H](O)C[C@H]3C2)[nH]c2ccc(F)cc12. The van der Waals surface area contributed by atoms with Gasteiger partial charge in [-0.15, -0.1) is 0 Å². The molecular formula is C18H21FN2O3. The second-order valence-corrected chi connectivity index (χ2v) is 7.15. The highest BCUT2D eigenvalue weighted by Gasteiger charge is 2.42. The van der Waals surface area contributed by atoms with Crippen molar-refractivity contribution in [2.75, 3.05) is 13.1 Å². The number of fused-ring (bicyclic) bond motifs is 2. The summed E-state index contributed by atoms with van der Waals surface area (Å²) in [5, 5.41) is 20.4. The number of aromatic nitrogens is 1. The molecule has 0 radical (unpaired) electrons. The predicted octanol–water partition coefficient (Wildman–Crippen LogP) is 1.82. The molecule has 6 heteroatoms. The number of likely N-dealkylation sites (tertiary alicyclic amines) is 1. The van der Waals surface area contributed by atoms with E-state index in [9.17, 15) is 19.4 Å². The second kappa shape index (κ2) is 5.57. The van der Waals surface area contributed by atoms with Crippen LogP contribution in [-0.2, 0) is 0 Å². The summed E-state index contributed by atoms with van der Waals surface area (Å²) in [5.74, 6) is 0.0465. The van der Waals surface area contributed by atoms with Gasteiger partial charge in [0.2, 0.25) is 0 Å². The topological polar surface area (TPSA) is 76.6 Å². The molecule has 2 aromatic rings. The number of nitrogens with one attached hydrogen (secondary N) is 1. The highest BCUT2D eigenvalue weighted by atomic mass is 19.1. The average Bonchev–Trinajstić information content (AvgIpc) is 3.09. The summed E-state index contributed by atoms with van der Waals surface area (Å²) in [6, 6.07) is 4.46.